The molecule has 1 saturated heterocycles. The normalized spacial score (nSPS) is 17.2. The first-order chi connectivity index (χ1) is 31.8. The molecule has 358 valence electrons. The summed E-state index contributed by atoms with van der Waals surface area (Å²) in [6.45, 7) is 22.2. The van der Waals surface area contributed by atoms with E-state index in [1.807, 2.05) is 34.9 Å². The van der Waals surface area contributed by atoms with Gasteiger partial charge in [-0.25, -0.2) is 0 Å². The van der Waals surface area contributed by atoms with Crippen molar-refractivity contribution < 1.29 is 13.5 Å². The Balaban J connectivity index is 0.000000198. The Morgan fingerprint density at radius 2 is 0.848 bits per heavy atom. The second kappa shape index (κ2) is 26.3. The molecule has 1 unspecified atom stereocenters. The molecule has 6 heteroatoms. The quantitative estimate of drug-likeness (QED) is 0.0950. The zero-order valence-corrected chi connectivity index (χ0v) is 46.1. The number of hydrogen-bond acceptors (Lipinski definition) is 2. The van der Waals surface area contributed by atoms with E-state index < -0.39 is 13.5 Å². The van der Waals surface area contributed by atoms with E-state index in [2.05, 4.69) is 142 Å². The topological polar surface area (TPSA) is 6.48 Å². The van der Waals surface area contributed by atoms with Gasteiger partial charge in [0.2, 0.25) is 0 Å². The monoisotopic (exact) mass is 1030 g/mol. The molecule has 2 nitrogen and oxygen atoms in total. The summed E-state index contributed by atoms with van der Waals surface area (Å²) in [5.41, 5.74) is 20.8. The van der Waals surface area contributed by atoms with E-state index in [-0.39, 0.29) is 0 Å². The second-order valence-electron chi connectivity index (χ2n) is 19.8. The molecule has 0 amide bonds. The fourth-order valence-electron chi connectivity index (χ4n) is 11.4. The van der Waals surface area contributed by atoms with Crippen molar-refractivity contribution in [1.82, 2.24) is 0 Å². The first-order valence-electron chi connectivity index (χ1n) is 25.2. The number of hydrogen-bond donors (Lipinski definition) is 0. The molecular weight excluding hydrogens is 952 g/mol. The molecule has 3 saturated carbocycles. The third-order valence-corrected chi connectivity index (χ3v) is 17.4. The van der Waals surface area contributed by atoms with E-state index in [1.165, 1.54) is 149 Å². The van der Waals surface area contributed by atoms with Crippen LogP contribution in [0.25, 0.3) is 22.3 Å². The molecule has 0 N–H and O–H groups in total. The summed E-state index contributed by atoms with van der Waals surface area (Å²) in [4.78, 5) is 4.93. The average molecular weight is 1030 g/mol. The molecular formula is C60H80Cl2N2PRu-. The van der Waals surface area contributed by atoms with Crippen molar-refractivity contribution in [3.8, 4) is 22.3 Å². The van der Waals surface area contributed by atoms with Crippen LogP contribution in [0.15, 0.2) is 91.0 Å². The van der Waals surface area contributed by atoms with Crippen LogP contribution in [0.5, 0.6) is 0 Å². The standard InChI is InChI=1S/C35H39N2.C12H22.C7H6.C6H13P.2ClH.Ru/c1-22-11-9-12-23(2)32(22)30-17-15-26(5)34(28(30)7)36-19-20-37(21-36)35-27(6)16-18-31(29(35)8)33-24(3)13-10-14-25(33)4;1-3-7-11(8-4-1)12-9-5-2-6-10-12;1-7-5-3-2-4-6-7;7-6-4-2-1-3-5-6;;;/h9-18,21H,19-20H2,1-8H3;11-12H,1-10H2;1-6H;6H,1-5,7H2;2*1H;/q-1;;;;;;+2/p-2. The van der Waals surface area contributed by atoms with Crippen LogP contribution in [-0.4, -0.2) is 23.4 Å². The van der Waals surface area contributed by atoms with Crippen molar-refractivity contribution in [2.75, 3.05) is 22.9 Å². The van der Waals surface area contributed by atoms with E-state index in [9.17, 15) is 0 Å². The van der Waals surface area contributed by atoms with Crippen LogP contribution >= 0.6 is 28.6 Å². The Morgan fingerprint density at radius 3 is 1.20 bits per heavy atom. The average Bonchev–Trinajstić information content (AvgIpc) is 3.78. The Labute approximate surface area is 417 Å². The summed E-state index contributed by atoms with van der Waals surface area (Å²) < 4.78 is 1.92. The van der Waals surface area contributed by atoms with E-state index in [0.717, 1.165) is 36.1 Å². The van der Waals surface area contributed by atoms with Gasteiger partial charge in [-0.3, -0.25) is 0 Å². The fourth-order valence-corrected chi connectivity index (χ4v) is 13.7. The van der Waals surface area contributed by atoms with Crippen LogP contribution in [0.1, 0.15) is 146 Å². The summed E-state index contributed by atoms with van der Waals surface area (Å²) in [7, 11) is 14.2. The maximum atomic E-state index is 5.67. The number of halogens is 2. The predicted octanol–water partition coefficient (Wildman–Crippen LogP) is 18.0. The minimum absolute atomic E-state index is 0.953. The Kier molecular flexibility index (Phi) is 20.9. The van der Waals surface area contributed by atoms with Crippen LogP contribution in [0, 0.1) is 73.9 Å². The molecule has 1 heterocycles. The van der Waals surface area contributed by atoms with Crippen molar-refractivity contribution in [3.05, 3.63) is 148 Å². The number of nitrogens with zero attached hydrogens (tertiary/aromatic N) is 2. The fraction of sp³-hybridized carbons (Fsp3) is 0.467. The van der Waals surface area contributed by atoms with Crippen molar-refractivity contribution in [2.45, 2.75) is 157 Å². The van der Waals surface area contributed by atoms with Gasteiger partial charge < -0.3 is 9.80 Å². The molecule has 3 aliphatic carbocycles. The molecule has 1 atom stereocenters. The molecule has 4 aliphatic rings. The summed E-state index contributed by atoms with van der Waals surface area (Å²) in [6, 6.07) is 32.3. The van der Waals surface area contributed by atoms with E-state index in [4.69, 9.17) is 19.4 Å². The van der Waals surface area contributed by atoms with Gasteiger partial charge in [0, 0.05) is 24.5 Å². The van der Waals surface area contributed by atoms with Crippen molar-refractivity contribution in [1.29, 1.82) is 0 Å². The van der Waals surface area contributed by atoms with Crippen LogP contribution < -0.4 is 9.80 Å². The molecule has 4 fully saturated rings. The van der Waals surface area contributed by atoms with Crippen LogP contribution in [0.4, 0.5) is 11.4 Å². The van der Waals surface area contributed by atoms with Gasteiger partial charge in [-0.1, -0.05) is 144 Å². The van der Waals surface area contributed by atoms with Crippen molar-refractivity contribution >= 4 is 44.6 Å². The van der Waals surface area contributed by atoms with Gasteiger partial charge in [-0.15, -0.1) is 9.24 Å². The van der Waals surface area contributed by atoms with Gasteiger partial charge in [-0.05, 0) is 152 Å². The summed E-state index contributed by atoms with van der Waals surface area (Å²) >= 11 is -1.61. The molecule has 0 spiro atoms. The first kappa shape index (κ1) is 52.6. The van der Waals surface area contributed by atoms with Gasteiger partial charge in [0.15, 0.2) is 0 Å². The Bertz CT molecular complexity index is 2170. The maximum absolute atomic E-state index is 5.67. The summed E-state index contributed by atoms with van der Waals surface area (Å²) in [6.07, 6.45) is 22.7. The summed E-state index contributed by atoms with van der Waals surface area (Å²) in [5.74, 6) is 2.28. The van der Waals surface area contributed by atoms with Gasteiger partial charge >= 0.3 is 73.4 Å². The third kappa shape index (κ3) is 14.4. The predicted molar refractivity (Wildman–Crippen MR) is 294 cm³/mol. The number of aryl methyl sites for hydroxylation is 6. The van der Waals surface area contributed by atoms with Gasteiger partial charge in [-0.2, -0.15) is 6.67 Å². The number of benzene rings is 5. The summed E-state index contributed by atoms with van der Waals surface area (Å²) in [5, 5.41) is 0. The molecule has 0 aromatic heterocycles. The van der Waals surface area contributed by atoms with Crippen molar-refractivity contribution in [2.24, 2.45) is 11.8 Å². The van der Waals surface area contributed by atoms with Gasteiger partial charge in [0.25, 0.3) is 0 Å². The minimum atomic E-state index is -1.61. The molecule has 5 aromatic carbocycles. The number of anilines is 2. The van der Waals surface area contributed by atoms with Crippen molar-refractivity contribution in [3.63, 3.8) is 0 Å². The molecule has 5 aromatic rings. The zero-order chi connectivity index (χ0) is 47.2. The van der Waals surface area contributed by atoms with Gasteiger partial charge in [0.1, 0.15) is 0 Å². The molecule has 9 rings (SSSR count). The second-order valence-corrected chi connectivity index (χ2v) is 26.4. The zero-order valence-electron chi connectivity index (χ0n) is 41.6. The molecule has 0 radical (unpaired) electrons. The van der Waals surface area contributed by atoms with E-state index >= 15 is 0 Å². The van der Waals surface area contributed by atoms with Crippen LogP contribution in [0.3, 0.4) is 0 Å². The van der Waals surface area contributed by atoms with E-state index in [0.29, 0.717) is 0 Å². The first-order valence-corrected chi connectivity index (χ1v) is 31.3. The van der Waals surface area contributed by atoms with Crippen LogP contribution in [0.2, 0.25) is 0 Å². The molecule has 1 aliphatic heterocycles. The molecule has 0 bridgehead atoms. The number of rotatable bonds is 6. The SMILES string of the molecule is C1CCC(C2CCCCC2)CC1.Cc1cccc(C)c1-c1ccc(C)c(N2[CH-]N(c3c(C)ccc(-c4c(C)cccc4C)c3C)CC2)c1C.PC1CCCCC1.[Cl][Ru]([Cl])=[CH]c1ccccc1. The van der Waals surface area contributed by atoms with Gasteiger partial charge in [0.05, 0.1) is 0 Å². The van der Waals surface area contributed by atoms with E-state index in [1.54, 1.807) is 25.7 Å². The van der Waals surface area contributed by atoms with Crippen LogP contribution in [-0.2, 0) is 13.5 Å². The Morgan fingerprint density at radius 1 is 0.470 bits per heavy atom. The Hall–Kier alpha value is -2.80. The molecule has 66 heavy (non-hydrogen) atoms. The third-order valence-electron chi connectivity index (χ3n) is 14.8.